The summed E-state index contributed by atoms with van der Waals surface area (Å²) in [6, 6.07) is 10.1. The number of hydrogen-bond donors (Lipinski definition) is 1. The summed E-state index contributed by atoms with van der Waals surface area (Å²) in [5, 5.41) is 3.37. The molecule has 0 unspecified atom stereocenters. The Balaban J connectivity index is 2.08. The van der Waals surface area contributed by atoms with Crippen molar-refractivity contribution in [1.82, 2.24) is 10.3 Å². The average molecular weight is 382 g/mol. The van der Waals surface area contributed by atoms with Crippen LogP contribution in [-0.2, 0) is 6.54 Å². The van der Waals surface area contributed by atoms with Crippen LogP contribution in [0.15, 0.2) is 36.5 Å². The summed E-state index contributed by atoms with van der Waals surface area (Å²) in [6.45, 7) is 6.07. The number of rotatable bonds is 6. The zero-order chi connectivity index (χ0) is 14.4. The standard InChI is InChI=1S/C16H19IN2O/c1-3-8-18-10-13-9-12(2)16(19-11-13)20-15-7-5-4-6-14(15)17/h4-7,9,11,18H,3,8,10H2,1-2H3. The minimum Gasteiger partial charge on any atom is -0.438 e. The number of pyridine rings is 1. The summed E-state index contributed by atoms with van der Waals surface area (Å²) in [5.74, 6) is 1.52. The van der Waals surface area contributed by atoms with Crippen LogP contribution in [0.2, 0.25) is 0 Å². The first kappa shape index (κ1) is 15.3. The van der Waals surface area contributed by atoms with Gasteiger partial charge in [-0.3, -0.25) is 0 Å². The van der Waals surface area contributed by atoms with Crippen LogP contribution in [-0.4, -0.2) is 11.5 Å². The molecule has 0 saturated carbocycles. The first-order valence-electron chi connectivity index (χ1n) is 6.79. The fourth-order valence-electron chi connectivity index (χ4n) is 1.87. The molecule has 0 aliphatic heterocycles. The van der Waals surface area contributed by atoms with Gasteiger partial charge in [-0.25, -0.2) is 4.98 Å². The minimum atomic E-state index is 0.674. The van der Waals surface area contributed by atoms with E-state index in [9.17, 15) is 0 Å². The van der Waals surface area contributed by atoms with Crippen LogP contribution in [0, 0.1) is 10.5 Å². The Labute approximate surface area is 133 Å². The number of ether oxygens (including phenoxy) is 1. The third-order valence-electron chi connectivity index (χ3n) is 2.89. The summed E-state index contributed by atoms with van der Waals surface area (Å²) in [5.41, 5.74) is 2.24. The van der Waals surface area contributed by atoms with Gasteiger partial charge in [-0.1, -0.05) is 19.1 Å². The molecule has 1 N–H and O–H groups in total. The highest BCUT2D eigenvalue weighted by molar-refractivity contribution is 14.1. The van der Waals surface area contributed by atoms with Gasteiger partial charge in [0.05, 0.1) is 3.57 Å². The lowest BCUT2D eigenvalue weighted by atomic mass is 10.2. The highest BCUT2D eigenvalue weighted by Crippen LogP contribution is 2.27. The normalized spacial score (nSPS) is 10.6. The maximum Gasteiger partial charge on any atom is 0.222 e. The van der Waals surface area contributed by atoms with Gasteiger partial charge in [0.15, 0.2) is 0 Å². The van der Waals surface area contributed by atoms with Gasteiger partial charge in [0.25, 0.3) is 0 Å². The molecule has 2 aromatic rings. The van der Waals surface area contributed by atoms with E-state index in [2.05, 4.69) is 45.9 Å². The number of nitrogens with zero attached hydrogens (tertiary/aromatic N) is 1. The van der Waals surface area contributed by atoms with Crippen LogP contribution in [0.4, 0.5) is 0 Å². The second kappa shape index (κ2) is 7.59. The van der Waals surface area contributed by atoms with Gasteiger partial charge in [-0.05, 0) is 66.2 Å². The molecule has 1 aromatic carbocycles. The lowest BCUT2D eigenvalue weighted by Crippen LogP contribution is -2.14. The number of nitrogens with one attached hydrogen (secondary N) is 1. The van der Waals surface area contributed by atoms with E-state index >= 15 is 0 Å². The van der Waals surface area contributed by atoms with E-state index in [1.807, 2.05) is 37.4 Å². The van der Waals surface area contributed by atoms with Crippen molar-refractivity contribution in [1.29, 1.82) is 0 Å². The second-order valence-electron chi connectivity index (χ2n) is 4.67. The molecule has 1 heterocycles. The molecule has 0 radical (unpaired) electrons. The van der Waals surface area contributed by atoms with Crippen LogP contribution in [0.25, 0.3) is 0 Å². The molecule has 0 bridgehead atoms. The SMILES string of the molecule is CCCNCc1cnc(Oc2ccccc2I)c(C)c1. The van der Waals surface area contributed by atoms with Crippen LogP contribution in [0.3, 0.4) is 0 Å². The summed E-state index contributed by atoms with van der Waals surface area (Å²) in [7, 11) is 0. The lowest BCUT2D eigenvalue weighted by Gasteiger charge is -2.10. The minimum absolute atomic E-state index is 0.674. The number of aryl methyl sites for hydroxylation is 1. The van der Waals surface area contributed by atoms with Crippen molar-refractivity contribution in [3.63, 3.8) is 0 Å². The third kappa shape index (κ3) is 4.18. The molecule has 0 fully saturated rings. The van der Waals surface area contributed by atoms with Gasteiger partial charge in [0.1, 0.15) is 5.75 Å². The van der Waals surface area contributed by atoms with Gasteiger partial charge in [0, 0.05) is 18.3 Å². The third-order valence-corrected chi connectivity index (χ3v) is 3.78. The molecule has 106 valence electrons. The molecule has 20 heavy (non-hydrogen) atoms. The number of hydrogen-bond acceptors (Lipinski definition) is 3. The number of aromatic nitrogens is 1. The lowest BCUT2D eigenvalue weighted by molar-refractivity contribution is 0.455. The van der Waals surface area contributed by atoms with Crippen molar-refractivity contribution in [3.05, 3.63) is 51.2 Å². The molecule has 0 saturated heterocycles. The smallest absolute Gasteiger partial charge is 0.222 e. The zero-order valence-corrected chi connectivity index (χ0v) is 14.0. The average Bonchev–Trinajstić information content (AvgIpc) is 2.44. The van der Waals surface area contributed by atoms with Crippen molar-refractivity contribution >= 4 is 22.6 Å². The van der Waals surface area contributed by atoms with Crippen LogP contribution in [0.1, 0.15) is 24.5 Å². The van der Waals surface area contributed by atoms with Gasteiger partial charge in [-0.15, -0.1) is 0 Å². The van der Waals surface area contributed by atoms with Crippen LogP contribution < -0.4 is 10.1 Å². The molecule has 0 atom stereocenters. The Morgan fingerprint density at radius 2 is 2.10 bits per heavy atom. The first-order chi connectivity index (χ1) is 9.70. The van der Waals surface area contributed by atoms with Crippen molar-refractivity contribution in [2.45, 2.75) is 26.8 Å². The molecule has 0 aliphatic carbocycles. The highest BCUT2D eigenvalue weighted by atomic mass is 127. The predicted octanol–water partition coefficient (Wildman–Crippen LogP) is 4.29. The number of halogens is 1. The summed E-state index contributed by atoms with van der Waals surface area (Å²) >= 11 is 2.27. The molecule has 3 nitrogen and oxygen atoms in total. The zero-order valence-electron chi connectivity index (χ0n) is 11.8. The number of benzene rings is 1. The monoisotopic (exact) mass is 382 g/mol. The molecule has 0 aliphatic rings. The summed E-state index contributed by atoms with van der Waals surface area (Å²) in [4.78, 5) is 4.43. The quantitative estimate of drug-likeness (QED) is 0.598. The van der Waals surface area contributed by atoms with Crippen LogP contribution in [0.5, 0.6) is 11.6 Å². The van der Waals surface area contributed by atoms with Gasteiger partial charge < -0.3 is 10.1 Å². The van der Waals surface area contributed by atoms with Crippen LogP contribution >= 0.6 is 22.6 Å². The van der Waals surface area contributed by atoms with Crippen molar-refractivity contribution in [2.24, 2.45) is 0 Å². The topological polar surface area (TPSA) is 34.2 Å². The Kier molecular flexibility index (Phi) is 5.79. The molecule has 1 aromatic heterocycles. The van der Waals surface area contributed by atoms with E-state index < -0.39 is 0 Å². The van der Waals surface area contributed by atoms with E-state index in [1.54, 1.807) is 0 Å². The van der Waals surface area contributed by atoms with Gasteiger partial charge in [0.2, 0.25) is 5.88 Å². The van der Waals surface area contributed by atoms with E-state index in [1.165, 1.54) is 5.56 Å². The molecule has 4 heteroatoms. The predicted molar refractivity (Wildman–Crippen MR) is 90.2 cm³/mol. The molecular formula is C16H19IN2O. The molecular weight excluding hydrogens is 363 g/mol. The molecule has 2 rings (SSSR count). The second-order valence-corrected chi connectivity index (χ2v) is 5.84. The summed E-state index contributed by atoms with van der Waals surface area (Å²) < 4.78 is 6.96. The van der Waals surface area contributed by atoms with E-state index in [4.69, 9.17) is 4.74 Å². The fourth-order valence-corrected chi connectivity index (χ4v) is 2.36. The number of para-hydroxylation sites is 1. The maximum absolute atomic E-state index is 5.88. The summed E-state index contributed by atoms with van der Waals surface area (Å²) in [6.07, 6.45) is 3.01. The Morgan fingerprint density at radius 1 is 1.30 bits per heavy atom. The fraction of sp³-hybridized carbons (Fsp3) is 0.312. The first-order valence-corrected chi connectivity index (χ1v) is 7.87. The Morgan fingerprint density at radius 3 is 2.80 bits per heavy atom. The highest BCUT2D eigenvalue weighted by Gasteiger charge is 2.06. The van der Waals surface area contributed by atoms with E-state index in [0.29, 0.717) is 5.88 Å². The van der Waals surface area contributed by atoms with Gasteiger partial charge in [-0.2, -0.15) is 0 Å². The maximum atomic E-state index is 5.88. The van der Waals surface area contributed by atoms with Crippen molar-refractivity contribution in [2.75, 3.05) is 6.54 Å². The van der Waals surface area contributed by atoms with Crippen molar-refractivity contribution in [3.8, 4) is 11.6 Å². The van der Waals surface area contributed by atoms with E-state index in [0.717, 1.165) is 34.4 Å². The Hall–Kier alpha value is -1.14. The molecule has 0 amide bonds. The van der Waals surface area contributed by atoms with E-state index in [-0.39, 0.29) is 0 Å². The van der Waals surface area contributed by atoms with Gasteiger partial charge >= 0.3 is 0 Å². The largest absolute Gasteiger partial charge is 0.438 e. The Bertz CT molecular complexity index is 572. The molecule has 0 spiro atoms. The van der Waals surface area contributed by atoms with Crippen molar-refractivity contribution < 1.29 is 4.74 Å².